The standard InChI is InChI=1S/C16H27NO3/c1-6-7-16(13(19)20)8-9-17(10-16)12(18)11-14(2,3)15(11,4)5/h11H,6-10H2,1-5H3,(H,19,20). The third kappa shape index (κ3) is 1.95. The van der Waals surface area contributed by atoms with Crippen molar-refractivity contribution in [2.24, 2.45) is 22.2 Å². The number of carboxylic acid groups (broad SMARTS) is 1. The molecule has 0 spiro atoms. The van der Waals surface area contributed by atoms with Gasteiger partial charge in [0, 0.05) is 19.0 Å². The van der Waals surface area contributed by atoms with E-state index in [0.717, 1.165) is 6.42 Å². The van der Waals surface area contributed by atoms with Gasteiger partial charge in [-0.3, -0.25) is 9.59 Å². The summed E-state index contributed by atoms with van der Waals surface area (Å²) in [5.74, 6) is -0.565. The maximum atomic E-state index is 12.7. The number of amides is 1. The molecule has 2 aliphatic rings. The molecule has 1 N–H and O–H groups in total. The van der Waals surface area contributed by atoms with Gasteiger partial charge in [-0.2, -0.15) is 0 Å². The first-order chi connectivity index (χ1) is 9.10. The monoisotopic (exact) mass is 281 g/mol. The number of carbonyl (C=O) groups is 2. The minimum atomic E-state index is -0.746. The van der Waals surface area contributed by atoms with Crippen LogP contribution in [0.3, 0.4) is 0 Å². The highest BCUT2D eigenvalue weighted by molar-refractivity contribution is 5.86. The molecule has 1 unspecified atom stereocenters. The molecular weight excluding hydrogens is 254 g/mol. The summed E-state index contributed by atoms with van der Waals surface area (Å²) in [5, 5.41) is 9.52. The van der Waals surface area contributed by atoms with Gasteiger partial charge in [-0.25, -0.2) is 0 Å². The smallest absolute Gasteiger partial charge is 0.311 e. The van der Waals surface area contributed by atoms with Crippen LogP contribution in [0, 0.1) is 22.2 Å². The van der Waals surface area contributed by atoms with E-state index in [1.165, 1.54) is 0 Å². The van der Waals surface area contributed by atoms with E-state index in [1.807, 2.05) is 6.92 Å². The Hall–Kier alpha value is -1.06. The molecule has 1 amide bonds. The van der Waals surface area contributed by atoms with Gasteiger partial charge in [0.25, 0.3) is 0 Å². The molecule has 1 aliphatic carbocycles. The number of carboxylic acids is 1. The molecule has 1 aliphatic heterocycles. The van der Waals surface area contributed by atoms with Gasteiger partial charge in [-0.15, -0.1) is 0 Å². The minimum absolute atomic E-state index is 0.0172. The summed E-state index contributed by atoms with van der Waals surface area (Å²) in [6, 6.07) is 0. The molecule has 1 saturated carbocycles. The zero-order chi connectivity index (χ0) is 15.3. The van der Waals surface area contributed by atoms with Crippen LogP contribution >= 0.6 is 0 Å². The predicted octanol–water partition coefficient (Wildman–Crippen LogP) is 2.77. The molecule has 4 heteroatoms. The second-order valence-electron chi connectivity index (χ2n) is 7.72. The number of aliphatic carboxylic acids is 1. The maximum Gasteiger partial charge on any atom is 0.311 e. The van der Waals surface area contributed by atoms with Crippen LogP contribution in [0.2, 0.25) is 0 Å². The van der Waals surface area contributed by atoms with Crippen molar-refractivity contribution in [2.75, 3.05) is 13.1 Å². The van der Waals surface area contributed by atoms with Gasteiger partial charge in [0.15, 0.2) is 0 Å². The summed E-state index contributed by atoms with van der Waals surface area (Å²) >= 11 is 0. The Kier molecular flexibility index (Phi) is 3.43. The van der Waals surface area contributed by atoms with Crippen LogP contribution in [0.15, 0.2) is 0 Å². The summed E-state index contributed by atoms with van der Waals surface area (Å²) in [6.07, 6.45) is 2.09. The van der Waals surface area contributed by atoms with E-state index in [4.69, 9.17) is 0 Å². The van der Waals surface area contributed by atoms with Crippen molar-refractivity contribution < 1.29 is 14.7 Å². The third-order valence-electron chi connectivity index (χ3n) is 6.12. The van der Waals surface area contributed by atoms with E-state index in [0.29, 0.717) is 25.9 Å². The van der Waals surface area contributed by atoms with Crippen LogP contribution in [0.25, 0.3) is 0 Å². The molecule has 0 aromatic carbocycles. The molecule has 1 atom stereocenters. The Labute approximate surface area is 121 Å². The van der Waals surface area contributed by atoms with Gasteiger partial charge in [0.1, 0.15) is 0 Å². The molecule has 114 valence electrons. The molecule has 4 nitrogen and oxygen atoms in total. The normalized spacial score (nSPS) is 31.4. The molecule has 0 aromatic rings. The SMILES string of the molecule is CCCC1(C(=O)O)CCN(C(=O)C2C(C)(C)C2(C)C)C1. The van der Waals surface area contributed by atoms with Gasteiger partial charge < -0.3 is 10.0 Å². The summed E-state index contributed by atoms with van der Waals surface area (Å²) < 4.78 is 0. The van der Waals surface area contributed by atoms with Crippen molar-refractivity contribution in [1.82, 2.24) is 4.90 Å². The van der Waals surface area contributed by atoms with Crippen LogP contribution in [-0.2, 0) is 9.59 Å². The van der Waals surface area contributed by atoms with Crippen molar-refractivity contribution in [3.8, 4) is 0 Å². The average Bonchev–Trinajstić information content (AvgIpc) is 2.67. The van der Waals surface area contributed by atoms with E-state index in [9.17, 15) is 14.7 Å². The highest BCUT2D eigenvalue weighted by Crippen LogP contribution is 2.69. The zero-order valence-electron chi connectivity index (χ0n) is 13.3. The molecule has 20 heavy (non-hydrogen) atoms. The van der Waals surface area contributed by atoms with Gasteiger partial charge in [-0.1, -0.05) is 41.0 Å². The van der Waals surface area contributed by atoms with Crippen molar-refractivity contribution in [2.45, 2.75) is 53.9 Å². The molecule has 2 fully saturated rings. The predicted molar refractivity (Wildman–Crippen MR) is 77.2 cm³/mol. The van der Waals surface area contributed by atoms with Gasteiger partial charge in [0.05, 0.1) is 5.41 Å². The first kappa shape index (κ1) is 15.3. The van der Waals surface area contributed by atoms with E-state index >= 15 is 0 Å². The summed E-state index contributed by atoms with van der Waals surface area (Å²) in [7, 11) is 0. The summed E-state index contributed by atoms with van der Waals surface area (Å²) in [4.78, 5) is 26.1. The zero-order valence-corrected chi connectivity index (χ0v) is 13.3. The van der Waals surface area contributed by atoms with E-state index < -0.39 is 11.4 Å². The van der Waals surface area contributed by atoms with Gasteiger partial charge in [-0.05, 0) is 23.7 Å². The van der Waals surface area contributed by atoms with Crippen LogP contribution in [-0.4, -0.2) is 35.0 Å². The number of hydrogen-bond acceptors (Lipinski definition) is 2. The second-order valence-corrected chi connectivity index (χ2v) is 7.72. The summed E-state index contributed by atoms with van der Waals surface area (Å²) in [5.41, 5.74) is -0.680. The number of hydrogen-bond donors (Lipinski definition) is 1. The molecule has 2 rings (SSSR count). The molecule has 0 bridgehead atoms. The fraction of sp³-hybridized carbons (Fsp3) is 0.875. The lowest BCUT2D eigenvalue weighted by Crippen LogP contribution is -2.38. The highest BCUT2D eigenvalue weighted by Gasteiger charge is 2.69. The van der Waals surface area contributed by atoms with Crippen LogP contribution in [0.5, 0.6) is 0 Å². The Bertz CT molecular complexity index is 427. The average molecular weight is 281 g/mol. The largest absolute Gasteiger partial charge is 0.481 e. The Balaban J connectivity index is 2.10. The Morgan fingerprint density at radius 2 is 1.75 bits per heavy atom. The number of carbonyl (C=O) groups excluding carboxylic acids is 1. The number of likely N-dealkylation sites (tertiary alicyclic amines) is 1. The fourth-order valence-electron chi connectivity index (χ4n) is 4.02. The number of rotatable bonds is 4. The van der Waals surface area contributed by atoms with E-state index in [2.05, 4.69) is 27.7 Å². The first-order valence-corrected chi connectivity index (χ1v) is 7.62. The molecular formula is C16H27NO3. The molecule has 0 aromatic heterocycles. The quantitative estimate of drug-likeness (QED) is 0.862. The highest BCUT2D eigenvalue weighted by atomic mass is 16.4. The van der Waals surface area contributed by atoms with Crippen molar-refractivity contribution >= 4 is 11.9 Å². The molecule has 1 saturated heterocycles. The topological polar surface area (TPSA) is 57.6 Å². The Morgan fingerprint density at radius 1 is 1.20 bits per heavy atom. The first-order valence-electron chi connectivity index (χ1n) is 7.62. The van der Waals surface area contributed by atoms with Crippen molar-refractivity contribution in [3.63, 3.8) is 0 Å². The lowest BCUT2D eigenvalue weighted by Gasteiger charge is -2.24. The van der Waals surface area contributed by atoms with Crippen molar-refractivity contribution in [3.05, 3.63) is 0 Å². The fourth-order valence-corrected chi connectivity index (χ4v) is 4.02. The van der Waals surface area contributed by atoms with E-state index in [-0.39, 0.29) is 22.7 Å². The van der Waals surface area contributed by atoms with Crippen LogP contribution in [0.1, 0.15) is 53.9 Å². The van der Waals surface area contributed by atoms with Gasteiger partial charge in [0.2, 0.25) is 5.91 Å². The lowest BCUT2D eigenvalue weighted by atomic mass is 9.83. The maximum absolute atomic E-state index is 12.7. The molecule has 1 heterocycles. The number of nitrogens with zero attached hydrogens (tertiary/aromatic N) is 1. The van der Waals surface area contributed by atoms with E-state index in [1.54, 1.807) is 4.90 Å². The van der Waals surface area contributed by atoms with Gasteiger partial charge >= 0.3 is 5.97 Å². The third-order valence-corrected chi connectivity index (χ3v) is 6.12. The molecule has 0 radical (unpaired) electrons. The van der Waals surface area contributed by atoms with Crippen LogP contribution < -0.4 is 0 Å². The minimum Gasteiger partial charge on any atom is -0.481 e. The summed E-state index contributed by atoms with van der Waals surface area (Å²) in [6.45, 7) is 11.5. The Morgan fingerprint density at radius 3 is 2.15 bits per heavy atom. The lowest BCUT2D eigenvalue weighted by molar-refractivity contribution is -0.149. The second kappa shape index (κ2) is 4.47. The van der Waals surface area contributed by atoms with Crippen molar-refractivity contribution in [1.29, 1.82) is 0 Å². The van der Waals surface area contributed by atoms with Crippen LogP contribution in [0.4, 0.5) is 0 Å².